The lowest BCUT2D eigenvalue weighted by Gasteiger charge is -2.26. The third kappa shape index (κ3) is 4.77. The Bertz CT molecular complexity index is 1360. The van der Waals surface area contributed by atoms with Crippen LogP contribution in [0.1, 0.15) is 35.2 Å². The minimum Gasteiger partial charge on any atom is -0.507 e. The van der Waals surface area contributed by atoms with Crippen molar-refractivity contribution in [3.05, 3.63) is 88.5 Å². The molecule has 3 aromatic rings. The van der Waals surface area contributed by atoms with Crippen molar-refractivity contribution in [3.8, 4) is 11.5 Å². The number of aliphatic hydroxyl groups excluding tert-OH is 1. The highest BCUT2D eigenvalue weighted by Crippen LogP contribution is 2.43. The van der Waals surface area contributed by atoms with Crippen molar-refractivity contribution in [2.24, 2.45) is 0 Å². The SMILES string of the molecule is CCOc1ccc(N2C(=O)C(=O)/C(=C(/O)c3cc(C)c(OC)cc3C)C2c2ccc(N(C)C)cc2)cc1. The third-order valence-electron chi connectivity index (χ3n) is 6.59. The monoisotopic (exact) mass is 500 g/mol. The number of aliphatic hydroxyl groups is 1. The lowest BCUT2D eigenvalue weighted by Crippen LogP contribution is -2.29. The van der Waals surface area contributed by atoms with Crippen molar-refractivity contribution >= 4 is 28.8 Å². The number of carbonyl (C=O) groups excluding carboxylic acids is 2. The van der Waals surface area contributed by atoms with Gasteiger partial charge in [-0.2, -0.15) is 0 Å². The van der Waals surface area contributed by atoms with Gasteiger partial charge in [0.2, 0.25) is 0 Å². The number of Topliss-reactive ketones (excluding diaryl/α,β-unsaturated/α-hetero) is 1. The maximum Gasteiger partial charge on any atom is 0.300 e. The number of rotatable bonds is 7. The van der Waals surface area contributed by atoms with Crippen LogP contribution in [0.15, 0.2) is 66.2 Å². The van der Waals surface area contributed by atoms with Crippen molar-refractivity contribution in [3.63, 3.8) is 0 Å². The maximum atomic E-state index is 13.5. The molecule has 37 heavy (non-hydrogen) atoms. The van der Waals surface area contributed by atoms with Gasteiger partial charge in [-0.3, -0.25) is 14.5 Å². The number of ether oxygens (including phenoxy) is 2. The maximum absolute atomic E-state index is 13.5. The van der Waals surface area contributed by atoms with Crippen molar-refractivity contribution in [1.29, 1.82) is 0 Å². The van der Waals surface area contributed by atoms with Crippen LogP contribution in [0, 0.1) is 13.8 Å². The van der Waals surface area contributed by atoms with Crippen LogP contribution < -0.4 is 19.3 Å². The molecule has 1 aliphatic heterocycles. The second-order valence-corrected chi connectivity index (χ2v) is 9.22. The number of aryl methyl sites for hydroxylation is 2. The summed E-state index contributed by atoms with van der Waals surface area (Å²) in [6, 6.07) is 17.4. The summed E-state index contributed by atoms with van der Waals surface area (Å²) in [5.74, 6) is -0.299. The molecule has 192 valence electrons. The van der Waals surface area contributed by atoms with Crippen LogP contribution in [0.25, 0.3) is 5.76 Å². The molecule has 4 rings (SSSR count). The predicted molar refractivity (Wildman–Crippen MR) is 146 cm³/mol. The molecule has 7 heteroatoms. The number of benzene rings is 3. The van der Waals surface area contributed by atoms with Crippen LogP contribution >= 0.6 is 0 Å². The average molecular weight is 501 g/mol. The minimum atomic E-state index is -0.809. The first kappa shape index (κ1) is 25.8. The third-order valence-corrected chi connectivity index (χ3v) is 6.59. The lowest BCUT2D eigenvalue weighted by atomic mass is 9.92. The van der Waals surface area contributed by atoms with E-state index in [4.69, 9.17) is 9.47 Å². The number of carbonyl (C=O) groups is 2. The van der Waals surface area contributed by atoms with Gasteiger partial charge in [0, 0.05) is 31.0 Å². The summed E-state index contributed by atoms with van der Waals surface area (Å²) in [6.07, 6.45) is 0. The first-order valence-electron chi connectivity index (χ1n) is 12.1. The number of ketones is 1. The summed E-state index contributed by atoms with van der Waals surface area (Å²) in [4.78, 5) is 30.3. The van der Waals surface area contributed by atoms with E-state index in [9.17, 15) is 14.7 Å². The Hall–Kier alpha value is -4.26. The van der Waals surface area contributed by atoms with Gasteiger partial charge in [-0.05, 0) is 86.0 Å². The molecule has 1 fully saturated rings. The molecule has 1 unspecified atom stereocenters. The number of anilines is 2. The quantitative estimate of drug-likeness (QED) is 0.266. The first-order chi connectivity index (χ1) is 17.7. The van der Waals surface area contributed by atoms with Gasteiger partial charge in [0.1, 0.15) is 17.3 Å². The molecule has 0 radical (unpaired) electrons. The molecule has 0 aliphatic carbocycles. The van der Waals surface area contributed by atoms with E-state index in [1.165, 1.54) is 4.90 Å². The molecular weight excluding hydrogens is 468 g/mol. The Kier molecular flexibility index (Phi) is 7.25. The van der Waals surface area contributed by atoms with Crippen molar-refractivity contribution < 1.29 is 24.2 Å². The van der Waals surface area contributed by atoms with E-state index in [2.05, 4.69) is 0 Å². The second kappa shape index (κ2) is 10.4. The van der Waals surface area contributed by atoms with E-state index in [1.54, 1.807) is 37.4 Å². The first-order valence-corrected chi connectivity index (χ1v) is 12.1. The molecule has 1 saturated heterocycles. The highest BCUT2D eigenvalue weighted by atomic mass is 16.5. The molecule has 1 N–H and O–H groups in total. The van der Waals surface area contributed by atoms with Crippen LogP contribution in [0.4, 0.5) is 11.4 Å². The summed E-state index contributed by atoms with van der Waals surface area (Å²) in [6.45, 7) is 6.11. The van der Waals surface area contributed by atoms with Crippen LogP contribution in [0.3, 0.4) is 0 Å². The summed E-state index contributed by atoms with van der Waals surface area (Å²) < 4.78 is 11.0. The fourth-order valence-electron chi connectivity index (χ4n) is 4.65. The van der Waals surface area contributed by atoms with Crippen LogP contribution in [0.2, 0.25) is 0 Å². The standard InChI is InChI=1S/C30H32N2O5/c1-7-37-23-14-12-22(13-15-23)32-27(20-8-10-21(11-9-20)31(4)5)26(29(34)30(32)35)28(33)24-16-19(3)25(36-6)17-18(24)2/h8-17,27,33H,7H2,1-6H3/b28-26+. The zero-order valence-corrected chi connectivity index (χ0v) is 22.0. The van der Waals surface area contributed by atoms with Gasteiger partial charge >= 0.3 is 0 Å². The summed E-state index contributed by atoms with van der Waals surface area (Å²) in [5, 5.41) is 11.5. The van der Waals surface area contributed by atoms with Crippen molar-refractivity contribution in [2.45, 2.75) is 26.8 Å². The Morgan fingerprint density at radius 2 is 1.62 bits per heavy atom. The highest BCUT2D eigenvalue weighted by Gasteiger charge is 2.47. The normalized spacial score (nSPS) is 16.7. The molecule has 1 amide bonds. The molecule has 1 heterocycles. The van der Waals surface area contributed by atoms with Crippen LogP contribution in [-0.4, -0.2) is 44.6 Å². The van der Waals surface area contributed by atoms with E-state index in [0.29, 0.717) is 34.9 Å². The molecule has 0 saturated carbocycles. The van der Waals surface area contributed by atoms with Crippen molar-refractivity contribution in [1.82, 2.24) is 0 Å². The lowest BCUT2D eigenvalue weighted by molar-refractivity contribution is -0.132. The molecule has 7 nitrogen and oxygen atoms in total. The van der Waals surface area contributed by atoms with Gasteiger partial charge in [0.15, 0.2) is 0 Å². The number of hydrogen-bond acceptors (Lipinski definition) is 6. The molecule has 0 bridgehead atoms. The van der Waals surface area contributed by atoms with Crippen molar-refractivity contribution in [2.75, 3.05) is 37.6 Å². The number of amides is 1. The topological polar surface area (TPSA) is 79.3 Å². The van der Waals surface area contributed by atoms with Gasteiger partial charge < -0.3 is 19.5 Å². The Balaban J connectivity index is 1.92. The molecule has 0 spiro atoms. The number of hydrogen-bond donors (Lipinski definition) is 1. The molecule has 1 atom stereocenters. The predicted octanol–water partition coefficient (Wildman–Crippen LogP) is 5.40. The highest BCUT2D eigenvalue weighted by molar-refractivity contribution is 6.51. The van der Waals surface area contributed by atoms with E-state index in [0.717, 1.165) is 16.8 Å². The molecular formula is C30H32N2O5. The summed E-state index contributed by atoms with van der Waals surface area (Å²) in [7, 11) is 5.46. The molecule has 1 aliphatic rings. The zero-order chi connectivity index (χ0) is 26.9. The minimum absolute atomic E-state index is 0.0455. The Morgan fingerprint density at radius 3 is 2.19 bits per heavy atom. The summed E-state index contributed by atoms with van der Waals surface area (Å²) >= 11 is 0. The van der Waals surface area contributed by atoms with Crippen LogP contribution in [0.5, 0.6) is 11.5 Å². The van der Waals surface area contributed by atoms with Gasteiger partial charge in [-0.1, -0.05) is 12.1 Å². The zero-order valence-electron chi connectivity index (χ0n) is 22.0. The Morgan fingerprint density at radius 1 is 0.973 bits per heavy atom. The fourth-order valence-corrected chi connectivity index (χ4v) is 4.65. The average Bonchev–Trinajstić information content (AvgIpc) is 3.15. The van der Waals surface area contributed by atoms with E-state index < -0.39 is 17.7 Å². The van der Waals surface area contributed by atoms with Crippen LogP contribution in [-0.2, 0) is 9.59 Å². The van der Waals surface area contributed by atoms with Gasteiger partial charge in [-0.25, -0.2) is 0 Å². The fraction of sp³-hybridized carbons (Fsp3) is 0.267. The van der Waals surface area contributed by atoms with Gasteiger partial charge in [-0.15, -0.1) is 0 Å². The number of nitrogens with zero attached hydrogens (tertiary/aromatic N) is 2. The van der Waals surface area contributed by atoms with Gasteiger partial charge in [0.05, 0.1) is 25.3 Å². The molecule has 0 aromatic heterocycles. The second-order valence-electron chi connectivity index (χ2n) is 9.22. The number of methoxy groups -OCH3 is 1. The van der Waals surface area contributed by atoms with Gasteiger partial charge in [0.25, 0.3) is 11.7 Å². The largest absolute Gasteiger partial charge is 0.507 e. The summed E-state index contributed by atoms with van der Waals surface area (Å²) in [5.41, 5.74) is 4.29. The molecule has 3 aromatic carbocycles. The smallest absolute Gasteiger partial charge is 0.300 e. The van der Waals surface area contributed by atoms with E-state index >= 15 is 0 Å². The van der Waals surface area contributed by atoms with E-state index in [1.807, 2.05) is 70.1 Å². The Labute approximate surface area is 217 Å². The van der Waals surface area contributed by atoms with E-state index in [-0.39, 0.29) is 11.3 Å².